The summed E-state index contributed by atoms with van der Waals surface area (Å²) in [5.41, 5.74) is 7.24. The molecule has 0 aliphatic rings. The highest BCUT2D eigenvalue weighted by Crippen LogP contribution is 2.11. The SMILES string of the molecule is CC(C)C[C@H](NC(=O)OCc1ccccc1)C(=O)N[C@H](Cc1cccc(I)c1)C(N)=O. The van der Waals surface area contributed by atoms with Gasteiger partial charge in [0.2, 0.25) is 11.8 Å². The first-order valence-electron chi connectivity index (χ1n) is 10.1. The van der Waals surface area contributed by atoms with Crippen molar-refractivity contribution >= 4 is 40.5 Å². The normalized spacial score (nSPS) is 12.6. The number of benzene rings is 2. The first-order chi connectivity index (χ1) is 14.7. The van der Waals surface area contributed by atoms with Crippen LogP contribution >= 0.6 is 22.6 Å². The van der Waals surface area contributed by atoms with Crippen LogP contribution in [0.25, 0.3) is 0 Å². The van der Waals surface area contributed by atoms with Gasteiger partial charge in [0, 0.05) is 9.99 Å². The predicted molar refractivity (Wildman–Crippen MR) is 127 cm³/mol. The lowest BCUT2D eigenvalue weighted by Gasteiger charge is -2.23. The number of nitrogens with one attached hydrogen (secondary N) is 2. The van der Waals surface area contributed by atoms with Gasteiger partial charge < -0.3 is 21.1 Å². The minimum absolute atomic E-state index is 0.0965. The van der Waals surface area contributed by atoms with Gasteiger partial charge in [0.1, 0.15) is 18.7 Å². The minimum atomic E-state index is -0.887. The zero-order chi connectivity index (χ0) is 22.8. The van der Waals surface area contributed by atoms with E-state index >= 15 is 0 Å². The number of halogens is 1. The fourth-order valence-corrected chi connectivity index (χ4v) is 3.61. The fraction of sp³-hybridized carbons (Fsp3) is 0.348. The van der Waals surface area contributed by atoms with Crippen molar-refractivity contribution in [2.45, 2.75) is 45.4 Å². The Bertz CT molecular complexity index is 889. The van der Waals surface area contributed by atoms with Crippen LogP contribution < -0.4 is 16.4 Å². The van der Waals surface area contributed by atoms with Gasteiger partial charge in [-0.25, -0.2) is 4.79 Å². The van der Waals surface area contributed by atoms with E-state index < -0.39 is 30.0 Å². The topological polar surface area (TPSA) is 111 Å². The van der Waals surface area contributed by atoms with Crippen molar-refractivity contribution in [1.29, 1.82) is 0 Å². The van der Waals surface area contributed by atoms with Gasteiger partial charge in [0.25, 0.3) is 0 Å². The Kier molecular flexibility index (Phi) is 9.77. The number of hydrogen-bond acceptors (Lipinski definition) is 4. The van der Waals surface area contributed by atoms with Crippen molar-refractivity contribution in [3.8, 4) is 0 Å². The third kappa shape index (κ3) is 8.95. The summed E-state index contributed by atoms with van der Waals surface area (Å²) in [7, 11) is 0. The molecule has 2 aromatic carbocycles. The molecule has 7 nitrogen and oxygen atoms in total. The van der Waals surface area contributed by atoms with Crippen LogP contribution in [-0.4, -0.2) is 30.0 Å². The minimum Gasteiger partial charge on any atom is -0.445 e. The average molecular weight is 537 g/mol. The molecule has 0 bridgehead atoms. The summed E-state index contributed by atoms with van der Waals surface area (Å²) < 4.78 is 6.25. The number of ether oxygens (including phenoxy) is 1. The summed E-state index contributed by atoms with van der Waals surface area (Å²) in [6.45, 7) is 3.97. The van der Waals surface area contributed by atoms with E-state index in [0.717, 1.165) is 14.7 Å². The highest BCUT2D eigenvalue weighted by Gasteiger charge is 2.27. The van der Waals surface area contributed by atoms with Gasteiger partial charge in [0.05, 0.1) is 0 Å². The average Bonchev–Trinajstić information content (AvgIpc) is 2.71. The maximum atomic E-state index is 12.9. The molecule has 2 rings (SSSR count). The highest BCUT2D eigenvalue weighted by atomic mass is 127. The van der Waals surface area contributed by atoms with E-state index in [-0.39, 0.29) is 18.9 Å². The Hall–Kier alpha value is -2.62. The number of carbonyl (C=O) groups excluding carboxylic acids is 3. The monoisotopic (exact) mass is 537 g/mol. The van der Waals surface area contributed by atoms with Crippen LogP contribution in [0.1, 0.15) is 31.4 Å². The van der Waals surface area contributed by atoms with Gasteiger partial charge in [-0.05, 0) is 58.2 Å². The molecule has 0 saturated carbocycles. The second kappa shape index (κ2) is 12.3. The zero-order valence-electron chi connectivity index (χ0n) is 17.6. The molecule has 2 atom stereocenters. The van der Waals surface area contributed by atoms with Gasteiger partial charge >= 0.3 is 6.09 Å². The van der Waals surface area contributed by atoms with Crippen LogP contribution in [0.5, 0.6) is 0 Å². The summed E-state index contributed by atoms with van der Waals surface area (Å²) in [5.74, 6) is -0.977. The molecule has 0 unspecified atom stereocenters. The van der Waals surface area contributed by atoms with Crippen molar-refractivity contribution in [2.24, 2.45) is 11.7 Å². The van der Waals surface area contributed by atoms with Gasteiger partial charge in [-0.2, -0.15) is 0 Å². The summed E-state index contributed by atoms with van der Waals surface area (Å²) >= 11 is 2.18. The molecule has 3 amide bonds. The predicted octanol–water partition coefficient (Wildman–Crippen LogP) is 3.14. The van der Waals surface area contributed by atoms with Crippen LogP contribution in [0.2, 0.25) is 0 Å². The van der Waals surface area contributed by atoms with Crippen LogP contribution in [0.15, 0.2) is 54.6 Å². The van der Waals surface area contributed by atoms with E-state index in [1.54, 1.807) is 0 Å². The van der Waals surface area contributed by atoms with E-state index in [0.29, 0.717) is 6.42 Å². The fourth-order valence-electron chi connectivity index (χ4n) is 3.00. The smallest absolute Gasteiger partial charge is 0.408 e. The molecule has 0 aliphatic carbocycles. The Labute approximate surface area is 196 Å². The Morgan fingerprint density at radius 1 is 0.968 bits per heavy atom. The number of primary amides is 1. The molecule has 0 aromatic heterocycles. The van der Waals surface area contributed by atoms with Crippen LogP contribution in [0.4, 0.5) is 4.79 Å². The first kappa shape index (κ1) is 24.6. The number of alkyl carbamates (subject to hydrolysis) is 1. The number of rotatable bonds is 10. The molecular weight excluding hydrogens is 509 g/mol. The zero-order valence-corrected chi connectivity index (χ0v) is 19.8. The third-order valence-corrected chi connectivity index (χ3v) is 5.19. The summed E-state index contributed by atoms with van der Waals surface area (Å²) in [5, 5.41) is 5.29. The Morgan fingerprint density at radius 3 is 2.26 bits per heavy atom. The van der Waals surface area contributed by atoms with Gasteiger partial charge in [0.15, 0.2) is 0 Å². The van der Waals surface area contributed by atoms with Crippen molar-refractivity contribution in [3.63, 3.8) is 0 Å². The second-order valence-electron chi connectivity index (χ2n) is 7.69. The standard InChI is InChI=1S/C23H28IN3O4/c1-15(2)11-20(27-23(30)31-14-16-7-4-3-5-8-16)22(29)26-19(21(25)28)13-17-9-6-10-18(24)12-17/h3-10,12,15,19-20H,11,13-14H2,1-2H3,(H2,25,28)(H,26,29)(H,27,30)/t19-,20+/m1/s1. The maximum absolute atomic E-state index is 12.9. The number of hydrogen-bond donors (Lipinski definition) is 3. The molecule has 31 heavy (non-hydrogen) atoms. The van der Waals surface area contributed by atoms with Crippen molar-refractivity contribution < 1.29 is 19.1 Å². The van der Waals surface area contributed by atoms with E-state index in [1.165, 1.54) is 0 Å². The van der Waals surface area contributed by atoms with Gasteiger partial charge in [-0.15, -0.1) is 0 Å². The largest absolute Gasteiger partial charge is 0.445 e. The first-order valence-corrected chi connectivity index (χ1v) is 11.1. The molecule has 0 aliphatic heterocycles. The molecule has 0 heterocycles. The van der Waals surface area contributed by atoms with E-state index in [2.05, 4.69) is 33.2 Å². The van der Waals surface area contributed by atoms with Gasteiger partial charge in [-0.1, -0.05) is 56.3 Å². The third-order valence-electron chi connectivity index (χ3n) is 4.52. The summed E-state index contributed by atoms with van der Waals surface area (Å²) in [6, 6.07) is 15.1. The Balaban J connectivity index is 2.00. The van der Waals surface area contributed by atoms with Crippen molar-refractivity contribution in [1.82, 2.24) is 10.6 Å². The molecular formula is C23H28IN3O4. The summed E-state index contributed by atoms with van der Waals surface area (Å²) in [4.78, 5) is 37.1. The lowest BCUT2D eigenvalue weighted by atomic mass is 10.0. The van der Waals surface area contributed by atoms with Crippen molar-refractivity contribution in [3.05, 3.63) is 69.3 Å². The number of nitrogens with two attached hydrogens (primary N) is 1. The van der Waals surface area contributed by atoms with E-state index in [9.17, 15) is 14.4 Å². The maximum Gasteiger partial charge on any atom is 0.408 e. The van der Waals surface area contributed by atoms with Crippen LogP contribution in [-0.2, 0) is 27.4 Å². The Morgan fingerprint density at radius 2 is 1.65 bits per heavy atom. The number of amides is 3. The molecule has 0 radical (unpaired) electrons. The van der Waals surface area contributed by atoms with Crippen LogP contribution in [0.3, 0.4) is 0 Å². The highest BCUT2D eigenvalue weighted by molar-refractivity contribution is 14.1. The molecule has 2 aromatic rings. The van der Waals surface area contributed by atoms with E-state index in [4.69, 9.17) is 10.5 Å². The molecule has 0 fully saturated rings. The van der Waals surface area contributed by atoms with Crippen LogP contribution in [0, 0.1) is 9.49 Å². The molecule has 0 spiro atoms. The summed E-state index contributed by atoms with van der Waals surface area (Å²) in [6.07, 6.45) is -0.0379. The van der Waals surface area contributed by atoms with Gasteiger partial charge in [-0.3, -0.25) is 9.59 Å². The number of carbonyl (C=O) groups is 3. The van der Waals surface area contributed by atoms with E-state index in [1.807, 2.05) is 68.4 Å². The second-order valence-corrected chi connectivity index (χ2v) is 8.93. The molecule has 8 heteroatoms. The lowest BCUT2D eigenvalue weighted by Crippen LogP contribution is -2.54. The van der Waals surface area contributed by atoms with Crippen molar-refractivity contribution in [2.75, 3.05) is 0 Å². The molecule has 0 saturated heterocycles. The molecule has 4 N–H and O–H groups in total. The quantitative estimate of drug-likeness (QED) is 0.405. The molecule has 166 valence electrons. The lowest BCUT2D eigenvalue weighted by molar-refractivity contribution is -0.128.